The first kappa shape index (κ1) is 13.0. The monoisotopic (exact) mass is 318 g/mol. The first-order chi connectivity index (χ1) is 9.10. The molecule has 7 heteroatoms. The molecule has 0 saturated heterocycles. The van der Waals surface area contributed by atoms with Crippen LogP contribution >= 0.6 is 15.9 Å². The van der Waals surface area contributed by atoms with Crippen molar-refractivity contribution in [3.63, 3.8) is 0 Å². The molecule has 0 saturated carbocycles. The van der Waals surface area contributed by atoms with Crippen molar-refractivity contribution in [1.82, 2.24) is 4.98 Å². The van der Waals surface area contributed by atoms with Crippen molar-refractivity contribution in [2.45, 2.75) is 0 Å². The Balaban J connectivity index is 2.32. The van der Waals surface area contributed by atoms with E-state index in [0.717, 1.165) is 0 Å². The molecule has 0 amide bonds. The number of nitrogens with zero attached hydrogens (tertiary/aromatic N) is 3. The highest BCUT2D eigenvalue weighted by molar-refractivity contribution is 9.10. The molecule has 0 aliphatic heterocycles. The molecule has 0 radical (unpaired) electrons. The highest BCUT2D eigenvalue weighted by Gasteiger charge is 2.15. The highest BCUT2D eigenvalue weighted by Crippen LogP contribution is 2.27. The molecule has 0 aliphatic rings. The summed E-state index contributed by atoms with van der Waals surface area (Å²) in [6, 6.07) is 9.92. The van der Waals surface area contributed by atoms with E-state index in [1.807, 2.05) is 6.07 Å². The molecule has 0 atom stereocenters. The van der Waals surface area contributed by atoms with Crippen molar-refractivity contribution in [2.75, 3.05) is 5.32 Å². The smallest absolute Gasteiger partial charge is 0.312 e. The Morgan fingerprint density at radius 2 is 2.05 bits per heavy atom. The first-order valence-corrected chi connectivity index (χ1v) is 5.96. The van der Waals surface area contributed by atoms with Gasteiger partial charge in [-0.25, -0.2) is 4.98 Å². The van der Waals surface area contributed by atoms with E-state index < -0.39 is 4.92 Å². The van der Waals surface area contributed by atoms with E-state index in [2.05, 4.69) is 26.2 Å². The standard InChI is InChI=1S/C12H7BrN4O2/c13-9-5-11(17(18)19)12(15-7-9)16-10-3-1-8(6-14)2-4-10/h1-5,7H,(H,15,16). The van der Waals surface area contributed by atoms with Crippen LogP contribution in [0.5, 0.6) is 0 Å². The second-order valence-electron chi connectivity index (χ2n) is 3.59. The minimum atomic E-state index is -0.510. The van der Waals surface area contributed by atoms with Crippen molar-refractivity contribution in [1.29, 1.82) is 5.26 Å². The summed E-state index contributed by atoms with van der Waals surface area (Å²) in [7, 11) is 0. The Labute approximate surface area is 117 Å². The first-order valence-electron chi connectivity index (χ1n) is 5.17. The summed E-state index contributed by atoms with van der Waals surface area (Å²) in [6.07, 6.45) is 1.47. The van der Waals surface area contributed by atoms with Crippen LogP contribution in [0.4, 0.5) is 17.2 Å². The third kappa shape index (κ3) is 3.05. The van der Waals surface area contributed by atoms with Crippen LogP contribution in [0.1, 0.15) is 5.56 Å². The molecule has 94 valence electrons. The van der Waals surface area contributed by atoms with E-state index in [-0.39, 0.29) is 11.5 Å². The van der Waals surface area contributed by atoms with Gasteiger partial charge in [0.2, 0.25) is 5.82 Å². The minimum absolute atomic E-state index is 0.126. The summed E-state index contributed by atoms with van der Waals surface area (Å²) in [5.74, 6) is 0.151. The second-order valence-corrected chi connectivity index (χ2v) is 4.51. The van der Waals surface area contributed by atoms with Gasteiger partial charge in [0.05, 0.1) is 16.6 Å². The van der Waals surface area contributed by atoms with Gasteiger partial charge < -0.3 is 5.32 Å². The number of hydrogen-bond acceptors (Lipinski definition) is 5. The number of nitriles is 1. The van der Waals surface area contributed by atoms with Gasteiger partial charge in [0, 0.05) is 22.4 Å². The molecular weight excluding hydrogens is 312 g/mol. The number of hydrogen-bond donors (Lipinski definition) is 1. The zero-order valence-electron chi connectivity index (χ0n) is 9.50. The molecule has 0 spiro atoms. The molecule has 1 N–H and O–H groups in total. The van der Waals surface area contributed by atoms with Gasteiger partial charge in [-0.15, -0.1) is 0 Å². The molecule has 6 nitrogen and oxygen atoms in total. The lowest BCUT2D eigenvalue weighted by atomic mass is 10.2. The van der Waals surface area contributed by atoms with Crippen molar-refractivity contribution >= 4 is 33.1 Å². The van der Waals surface area contributed by atoms with Crippen LogP contribution in [-0.4, -0.2) is 9.91 Å². The maximum absolute atomic E-state index is 10.9. The van der Waals surface area contributed by atoms with Crippen LogP contribution in [0.2, 0.25) is 0 Å². The van der Waals surface area contributed by atoms with Crippen LogP contribution < -0.4 is 5.32 Å². The molecule has 1 aromatic heterocycles. The Bertz CT molecular complexity index is 664. The van der Waals surface area contributed by atoms with Crippen molar-refractivity contribution in [2.24, 2.45) is 0 Å². The predicted molar refractivity (Wildman–Crippen MR) is 73.0 cm³/mol. The average molecular weight is 319 g/mol. The maximum atomic E-state index is 10.9. The largest absolute Gasteiger partial charge is 0.334 e. The molecular formula is C12H7BrN4O2. The number of anilines is 2. The number of nitro groups is 1. The second kappa shape index (κ2) is 5.46. The van der Waals surface area contributed by atoms with Gasteiger partial charge in [-0.3, -0.25) is 10.1 Å². The van der Waals surface area contributed by atoms with Gasteiger partial charge in [0.15, 0.2) is 0 Å². The van der Waals surface area contributed by atoms with E-state index in [9.17, 15) is 10.1 Å². The van der Waals surface area contributed by atoms with Crippen molar-refractivity contribution < 1.29 is 4.92 Å². The van der Waals surface area contributed by atoms with E-state index >= 15 is 0 Å². The van der Waals surface area contributed by atoms with E-state index in [1.54, 1.807) is 24.3 Å². The average Bonchev–Trinajstić information content (AvgIpc) is 2.41. The van der Waals surface area contributed by atoms with Gasteiger partial charge in [-0.2, -0.15) is 5.26 Å². The number of rotatable bonds is 3. The van der Waals surface area contributed by atoms with Crippen LogP contribution in [0.25, 0.3) is 0 Å². The SMILES string of the molecule is N#Cc1ccc(Nc2ncc(Br)cc2[N+](=O)[O-])cc1. The predicted octanol–water partition coefficient (Wildman–Crippen LogP) is 3.37. The molecule has 0 aliphatic carbocycles. The quantitative estimate of drug-likeness (QED) is 0.692. The number of pyridine rings is 1. The third-order valence-corrected chi connectivity index (χ3v) is 2.74. The van der Waals surface area contributed by atoms with E-state index in [1.165, 1.54) is 12.3 Å². The van der Waals surface area contributed by atoms with Crippen LogP contribution in [-0.2, 0) is 0 Å². The van der Waals surface area contributed by atoms with E-state index in [0.29, 0.717) is 15.7 Å². The summed E-state index contributed by atoms with van der Waals surface area (Å²) in [6.45, 7) is 0. The zero-order valence-corrected chi connectivity index (χ0v) is 11.1. The summed E-state index contributed by atoms with van der Waals surface area (Å²) in [5.41, 5.74) is 1.01. The van der Waals surface area contributed by atoms with Gasteiger partial charge in [0.1, 0.15) is 0 Å². The third-order valence-electron chi connectivity index (χ3n) is 2.31. The number of aromatic nitrogens is 1. The molecule has 2 rings (SSSR count). The molecule has 0 unspecified atom stereocenters. The van der Waals surface area contributed by atoms with Gasteiger partial charge >= 0.3 is 5.69 Å². The Morgan fingerprint density at radius 1 is 1.37 bits per heavy atom. The lowest BCUT2D eigenvalue weighted by molar-refractivity contribution is -0.384. The summed E-state index contributed by atoms with van der Waals surface area (Å²) in [5, 5.41) is 22.5. The molecule has 19 heavy (non-hydrogen) atoms. The molecule has 1 aromatic carbocycles. The number of halogens is 1. The fourth-order valence-electron chi connectivity index (χ4n) is 1.43. The zero-order chi connectivity index (χ0) is 13.8. The lowest BCUT2D eigenvalue weighted by Crippen LogP contribution is -1.99. The van der Waals surface area contributed by atoms with Crippen LogP contribution in [0.3, 0.4) is 0 Å². The van der Waals surface area contributed by atoms with Gasteiger partial charge in [-0.1, -0.05) is 0 Å². The number of benzene rings is 1. The Hall–Kier alpha value is -2.46. The topological polar surface area (TPSA) is 91.8 Å². The van der Waals surface area contributed by atoms with Crippen molar-refractivity contribution in [3.8, 4) is 6.07 Å². The summed E-state index contributed by atoms with van der Waals surface area (Å²) in [4.78, 5) is 14.4. The van der Waals surface area contributed by atoms with Crippen LogP contribution in [0, 0.1) is 21.4 Å². The summed E-state index contributed by atoms with van der Waals surface area (Å²) < 4.78 is 0.532. The number of nitrogens with one attached hydrogen (secondary N) is 1. The van der Waals surface area contributed by atoms with Crippen molar-refractivity contribution in [3.05, 3.63) is 56.7 Å². The Kier molecular flexibility index (Phi) is 3.73. The molecule has 0 fully saturated rings. The van der Waals surface area contributed by atoms with Crippen LogP contribution in [0.15, 0.2) is 41.0 Å². The fourth-order valence-corrected chi connectivity index (χ4v) is 1.75. The fraction of sp³-hybridized carbons (Fsp3) is 0. The highest BCUT2D eigenvalue weighted by atomic mass is 79.9. The summed E-state index contributed by atoms with van der Waals surface area (Å²) >= 11 is 3.14. The molecule has 1 heterocycles. The minimum Gasteiger partial charge on any atom is -0.334 e. The maximum Gasteiger partial charge on any atom is 0.312 e. The Morgan fingerprint density at radius 3 is 2.63 bits per heavy atom. The van der Waals surface area contributed by atoms with Gasteiger partial charge in [0.25, 0.3) is 0 Å². The van der Waals surface area contributed by atoms with Gasteiger partial charge in [-0.05, 0) is 40.2 Å². The molecule has 2 aromatic rings. The normalized spacial score (nSPS) is 9.68. The lowest BCUT2D eigenvalue weighted by Gasteiger charge is -2.06. The van der Waals surface area contributed by atoms with E-state index in [4.69, 9.17) is 5.26 Å². The molecule has 0 bridgehead atoms.